The lowest BCUT2D eigenvalue weighted by Crippen LogP contribution is -1.93. The van der Waals surface area contributed by atoms with E-state index in [1.165, 1.54) is 0 Å². The van der Waals surface area contributed by atoms with Gasteiger partial charge in [-0.2, -0.15) is 5.10 Å². The van der Waals surface area contributed by atoms with E-state index in [1.54, 1.807) is 16.9 Å². The number of benzene rings is 1. The van der Waals surface area contributed by atoms with E-state index in [0.29, 0.717) is 17.2 Å². The van der Waals surface area contributed by atoms with Crippen molar-refractivity contribution >= 4 is 21.6 Å². The fourth-order valence-corrected chi connectivity index (χ4v) is 1.63. The summed E-state index contributed by atoms with van der Waals surface area (Å²) in [7, 11) is 0. The third-order valence-corrected chi connectivity index (χ3v) is 2.63. The molecule has 0 saturated carbocycles. The first-order valence-corrected chi connectivity index (χ1v) is 5.73. The molecule has 1 heterocycles. The number of halogens is 1. The second kappa shape index (κ2) is 4.57. The number of ether oxygens (including phenoxy) is 1. The summed E-state index contributed by atoms with van der Waals surface area (Å²) in [4.78, 5) is 0. The Morgan fingerprint density at radius 1 is 1.50 bits per heavy atom. The molecule has 0 amide bonds. The molecule has 0 aliphatic rings. The molecule has 0 spiro atoms. The van der Waals surface area contributed by atoms with Crippen LogP contribution in [0.5, 0.6) is 11.5 Å². The minimum absolute atomic E-state index is 0.604. The summed E-state index contributed by atoms with van der Waals surface area (Å²) in [6, 6.07) is 5.50. The van der Waals surface area contributed by atoms with E-state index < -0.39 is 0 Å². The maximum Gasteiger partial charge on any atom is 0.165 e. The molecule has 4 nitrogen and oxygen atoms in total. The van der Waals surface area contributed by atoms with Gasteiger partial charge in [-0.3, -0.25) is 4.68 Å². The molecule has 1 aromatic carbocycles. The van der Waals surface area contributed by atoms with Gasteiger partial charge < -0.3 is 10.5 Å². The molecule has 0 atom stereocenters. The van der Waals surface area contributed by atoms with Gasteiger partial charge in [0.2, 0.25) is 0 Å². The van der Waals surface area contributed by atoms with Gasteiger partial charge in [0.1, 0.15) is 0 Å². The third-order valence-electron chi connectivity index (χ3n) is 2.14. The van der Waals surface area contributed by atoms with Crippen molar-refractivity contribution in [3.63, 3.8) is 0 Å². The zero-order valence-corrected chi connectivity index (χ0v) is 10.4. The minimum atomic E-state index is 0.604. The fraction of sp³-hybridized carbons (Fsp3) is 0.182. The van der Waals surface area contributed by atoms with Gasteiger partial charge in [-0.05, 0) is 25.1 Å². The van der Waals surface area contributed by atoms with Crippen LogP contribution in [0.1, 0.15) is 6.92 Å². The predicted molar refractivity (Wildman–Crippen MR) is 66.5 cm³/mol. The van der Waals surface area contributed by atoms with Crippen molar-refractivity contribution in [1.29, 1.82) is 0 Å². The first-order valence-electron chi connectivity index (χ1n) is 4.94. The lowest BCUT2D eigenvalue weighted by Gasteiger charge is -2.06. The predicted octanol–water partition coefficient (Wildman–Crippen LogP) is 3.04. The van der Waals surface area contributed by atoms with Crippen molar-refractivity contribution in [3.8, 4) is 11.5 Å². The molecular formula is C11H12BrN3O. The fourth-order valence-electron chi connectivity index (χ4n) is 1.29. The Hall–Kier alpha value is -1.49. The van der Waals surface area contributed by atoms with Gasteiger partial charge in [-0.1, -0.05) is 15.9 Å². The van der Waals surface area contributed by atoms with Crippen LogP contribution in [-0.4, -0.2) is 9.78 Å². The maximum absolute atomic E-state index is 5.80. The van der Waals surface area contributed by atoms with Gasteiger partial charge in [0.15, 0.2) is 11.5 Å². The lowest BCUT2D eigenvalue weighted by molar-refractivity contribution is 0.483. The molecule has 0 bridgehead atoms. The van der Waals surface area contributed by atoms with E-state index in [1.807, 2.05) is 25.3 Å². The van der Waals surface area contributed by atoms with E-state index >= 15 is 0 Å². The van der Waals surface area contributed by atoms with E-state index in [9.17, 15) is 0 Å². The molecule has 5 heteroatoms. The molecule has 0 aliphatic heterocycles. The quantitative estimate of drug-likeness (QED) is 0.880. The van der Waals surface area contributed by atoms with Crippen LogP contribution in [-0.2, 0) is 6.54 Å². The Morgan fingerprint density at radius 2 is 2.31 bits per heavy atom. The Labute approximate surface area is 102 Å². The summed E-state index contributed by atoms with van der Waals surface area (Å²) >= 11 is 3.37. The average molecular weight is 282 g/mol. The number of aromatic nitrogens is 2. The Balaban J connectivity index is 2.22. The number of nitrogens with zero attached hydrogens (tertiary/aromatic N) is 2. The Bertz CT molecular complexity index is 496. The topological polar surface area (TPSA) is 53.1 Å². The largest absolute Gasteiger partial charge is 0.452 e. The van der Waals surface area contributed by atoms with Crippen molar-refractivity contribution in [2.45, 2.75) is 13.5 Å². The maximum atomic E-state index is 5.80. The summed E-state index contributed by atoms with van der Waals surface area (Å²) in [5.74, 6) is 1.32. The normalized spacial score (nSPS) is 10.4. The smallest absolute Gasteiger partial charge is 0.165 e. The van der Waals surface area contributed by atoms with Gasteiger partial charge in [-0.15, -0.1) is 0 Å². The number of rotatable bonds is 3. The molecule has 2 rings (SSSR count). The molecule has 2 aromatic rings. The lowest BCUT2D eigenvalue weighted by atomic mass is 10.3. The van der Waals surface area contributed by atoms with E-state index in [-0.39, 0.29) is 0 Å². The minimum Gasteiger partial charge on any atom is -0.452 e. The highest BCUT2D eigenvalue weighted by Gasteiger charge is 2.04. The first-order chi connectivity index (χ1) is 7.69. The van der Waals surface area contributed by atoms with Gasteiger partial charge in [0.05, 0.1) is 18.1 Å². The third kappa shape index (κ3) is 2.36. The van der Waals surface area contributed by atoms with Crippen LogP contribution in [0.4, 0.5) is 5.69 Å². The summed E-state index contributed by atoms with van der Waals surface area (Å²) in [6.07, 6.45) is 3.50. The number of nitrogen functional groups attached to an aromatic ring is 1. The highest BCUT2D eigenvalue weighted by atomic mass is 79.9. The monoisotopic (exact) mass is 281 g/mol. The van der Waals surface area contributed by atoms with Crippen molar-refractivity contribution < 1.29 is 4.74 Å². The Kier molecular flexibility index (Phi) is 3.14. The van der Waals surface area contributed by atoms with Crippen LogP contribution < -0.4 is 10.5 Å². The summed E-state index contributed by atoms with van der Waals surface area (Å²) < 4.78 is 8.36. The number of hydrogen-bond acceptors (Lipinski definition) is 3. The van der Waals surface area contributed by atoms with E-state index in [2.05, 4.69) is 21.0 Å². The van der Waals surface area contributed by atoms with Gasteiger partial charge in [0.25, 0.3) is 0 Å². The van der Waals surface area contributed by atoms with Crippen molar-refractivity contribution in [2.24, 2.45) is 0 Å². The molecule has 1 aromatic heterocycles. The molecule has 0 fully saturated rings. The van der Waals surface area contributed by atoms with Crippen LogP contribution >= 0.6 is 15.9 Å². The van der Waals surface area contributed by atoms with E-state index in [0.717, 1.165) is 11.0 Å². The van der Waals surface area contributed by atoms with Crippen molar-refractivity contribution in [3.05, 3.63) is 35.1 Å². The summed E-state index contributed by atoms with van der Waals surface area (Å²) in [6.45, 7) is 2.83. The zero-order chi connectivity index (χ0) is 11.5. The summed E-state index contributed by atoms with van der Waals surface area (Å²) in [5.41, 5.74) is 6.41. The van der Waals surface area contributed by atoms with Gasteiger partial charge >= 0.3 is 0 Å². The van der Waals surface area contributed by atoms with Crippen molar-refractivity contribution in [1.82, 2.24) is 9.78 Å². The van der Waals surface area contributed by atoms with Gasteiger partial charge in [0, 0.05) is 11.0 Å². The molecule has 0 saturated heterocycles. The highest BCUT2D eigenvalue weighted by Crippen LogP contribution is 2.29. The average Bonchev–Trinajstić information content (AvgIpc) is 2.71. The van der Waals surface area contributed by atoms with Crippen LogP contribution in [0.3, 0.4) is 0 Å². The summed E-state index contributed by atoms with van der Waals surface area (Å²) in [5, 5.41) is 4.12. The molecule has 16 heavy (non-hydrogen) atoms. The molecule has 84 valence electrons. The van der Waals surface area contributed by atoms with Crippen LogP contribution in [0.15, 0.2) is 35.1 Å². The highest BCUT2D eigenvalue weighted by molar-refractivity contribution is 9.10. The number of anilines is 1. The van der Waals surface area contributed by atoms with Crippen LogP contribution in [0, 0.1) is 0 Å². The second-order valence-corrected chi connectivity index (χ2v) is 4.23. The SMILES string of the molecule is CCn1cc(Oc2cc(Br)ccc2N)cn1. The molecule has 2 N–H and O–H groups in total. The van der Waals surface area contributed by atoms with Crippen LogP contribution in [0.25, 0.3) is 0 Å². The standard InChI is InChI=1S/C11H12BrN3O/c1-2-15-7-9(6-14-15)16-11-5-8(12)3-4-10(11)13/h3-7H,2,13H2,1H3. The molecular weight excluding hydrogens is 270 g/mol. The Morgan fingerprint density at radius 3 is 3.00 bits per heavy atom. The number of aryl methyl sites for hydroxylation is 1. The van der Waals surface area contributed by atoms with Crippen molar-refractivity contribution in [2.75, 3.05) is 5.73 Å². The zero-order valence-electron chi connectivity index (χ0n) is 8.85. The molecule has 0 aliphatic carbocycles. The number of nitrogens with two attached hydrogens (primary N) is 1. The molecule has 0 radical (unpaired) electrons. The van der Waals surface area contributed by atoms with Gasteiger partial charge in [-0.25, -0.2) is 0 Å². The second-order valence-electron chi connectivity index (χ2n) is 3.32. The van der Waals surface area contributed by atoms with Crippen LogP contribution in [0.2, 0.25) is 0 Å². The first kappa shape index (κ1) is 11.0. The molecule has 0 unspecified atom stereocenters. The van der Waals surface area contributed by atoms with E-state index in [4.69, 9.17) is 10.5 Å². The number of hydrogen-bond donors (Lipinski definition) is 1.